The van der Waals surface area contributed by atoms with Gasteiger partial charge >= 0.3 is 12.1 Å². The molecular weight excluding hydrogens is 296 g/mol. The predicted molar refractivity (Wildman–Crippen MR) is 83.5 cm³/mol. The summed E-state index contributed by atoms with van der Waals surface area (Å²) in [6, 6.07) is 8.73. The molecule has 7 nitrogen and oxygen atoms in total. The van der Waals surface area contributed by atoms with Crippen molar-refractivity contribution < 1.29 is 14.3 Å². The first-order valence-electron chi connectivity index (χ1n) is 7.48. The lowest BCUT2D eigenvalue weighted by molar-refractivity contribution is 0.108. The van der Waals surface area contributed by atoms with Crippen LogP contribution in [0.25, 0.3) is 0 Å². The molecule has 0 spiro atoms. The second-order valence-electron chi connectivity index (χ2n) is 5.39. The van der Waals surface area contributed by atoms with Crippen LogP contribution in [0.2, 0.25) is 0 Å². The van der Waals surface area contributed by atoms with Gasteiger partial charge in [0.25, 0.3) is 0 Å². The zero-order valence-electron chi connectivity index (χ0n) is 13.0. The van der Waals surface area contributed by atoms with Gasteiger partial charge in [0.05, 0.1) is 18.7 Å². The molecule has 1 aliphatic heterocycles. The second kappa shape index (κ2) is 8.03. The lowest BCUT2D eigenvalue weighted by atomic mass is 10.1. The zero-order valence-corrected chi connectivity index (χ0v) is 13.0. The molecule has 122 valence electrons. The van der Waals surface area contributed by atoms with E-state index in [1.807, 2.05) is 6.07 Å². The second-order valence-corrected chi connectivity index (χ2v) is 5.39. The molecule has 2 rings (SSSR count). The number of urea groups is 1. The van der Waals surface area contributed by atoms with Gasteiger partial charge < -0.3 is 20.3 Å². The van der Waals surface area contributed by atoms with Crippen LogP contribution in [0.4, 0.5) is 9.59 Å². The van der Waals surface area contributed by atoms with Gasteiger partial charge in [0.1, 0.15) is 0 Å². The largest absolute Gasteiger partial charge is 0.453 e. The van der Waals surface area contributed by atoms with Crippen molar-refractivity contribution in [1.82, 2.24) is 15.5 Å². The fourth-order valence-corrected chi connectivity index (χ4v) is 2.51. The standard InChI is InChI=1S/C16H20N4O3/c1-23-16(22)20-8-2-3-14(11-20)19-15(21)18-10-13-6-4-12(9-17)5-7-13/h4-7,14H,2-3,8,10-11H2,1H3,(H2,18,19,21). The third kappa shape index (κ3) is 4.88. The van der Waals surface area contributed by atoms with Gasteiger partial charge in [-0.3, -0.25) is 0 Å². The Labute approximate surface area is 135 Å². The average molecular weight is 316 g/mol. The van der Waals surface area contributed by atoms with Crippen LogP contribution in [0.15, 0.2) is 24.3 Å². The van der Waals surface area contributed by atoms with Gasteiger partial charge in [-0.2, -0.15) is 5.26 Å². The molecular formula is C16H20N4O3. The molecule has 1 heterocycles. The molecule has 7 heteroatoms. The van der Waals surface area contributed by atoms with Crippen LogP contribution in [0, 0.1) is 11.3 Å². The Morgan fingerprint density at radius 1 is 1.39 bits per heavy atom. The van der Waals surface area contributed by atoms with Gasteiger partial charge in [-0.05, 0) is 30.5 Å². The smallest absolute Gasteiger partial charge is 0.409 e. The van der Waals surface area contributed by atoms with Crippen LogP contribution in [0.5, 0.6) is 0 Å². The van der Waals surface area contributed by atoms with E-state index < -0.39 is 0 Å². The first-order valence-corrected chi connectivity index (χ1v) is 7.48. The molecule has 0 aromatic heterocycles. The van der Waals surface area contributed by atoms with Crippen LogP contribution in [0.3, 0.4) is 0 Å². The van der Waals surface area contributed by atoms with Crippen molar-refractivity contribution in [2.75, 3.05) is 20.2 Å². The molecule has 1 unspecified atom stereocenters. The van der Waals surface area contributed by atoms with E-state index in [-0.39, 0.29) is 18.2 Å². The number of carbonyl (C=O) groups excluding carboxylic acids is 2. The van der Waals surface area contributed by atoms with E-state index in [2.05, 4.69) is 10.6 Å². The molecule has 0 bridgehead atoms. The summed E-state index contributed by atoms with van der Waals surface area (Å²) in [5, 5.41) is 14.4. The molecule has 1 atom stereocenters. The van der Waals surface area contributed by atoms with Gasteiger partial charge in [-0.25, -0.2) is 9.59 Å². The fraction of sp³-hybridized carbons (Fsp3) is 0.438. The Kier molecular flexibility index (Phi) is 5.80. The number of carbonyl (C=O) groups is 2. The number of nitriles is 1. The summed E-state index contributed by atoms with van der Waals surface area (Å²) in [6.45, 7) is 1.49. The van der Waals surface area contributed by atoms with Gasteiger partial charge in [-0.1, -0.05) is 12.1 Å². The molecule has 1 aliphatic rings. The number of likely N-dealkylation sites (tertiary alicyclic amines) is 1. The maximum Gasteiger partial charge on any atom is 0.409 e. The van der Waals surface area contributed by atoms with Crippen molar-refractivity contribution in [2.45, 2.75) is 25.4 Å². The Bertz CT molecular complexity index is 594. The van der Waals surface area contributed by atoms with E-state index in [0.29, 0.717) is 25.2 Å². The highest BCUT2D eigenvalue weighted by Gasteiger charge is 2.25. The van der Waals surface area contributed by atoms with E-state index >= 15 is 0 Å². The topological polar surface area (TPSA) is 94.5 Å². The molecule has 0 radical (unpaired) electrons. The molecule has 3 amide bonds. The summed E-state index contributed by atoms with van der Waals surface area (Å²) in [6.07, 6.45) is 1.29. The average Bonchev–Trinajstić information content (AvgIpc) is 2.60. The van der Waals surface area contributed by atoms with Gasteiger partial charge in [0, 0.05) is 25.7 Å². The van der Waals surface area contributed by atoms with Crippen LogP contribution < -0.4 is 10.6 Å². The van der Waals surface area contributed by atoms with E-state index in [0.717, 1.165) is 18.4 Å². The summed E-state index contributed by atoms with van der Waals surface area (Å²) < 4.78 is 4.70. The number of nitrogens with one attached hydrogen (secondary N) is 2. The number of ether oxygens (including phenoxy) is 1. The monoisotopic (exact) mass is 316 g/mol. The molecule has 1 saturated heterocycles. The van der Waals surface area contributed by atoms with Crippen LogP contribution in [-0.4, -0.2) is 43.3 Å². The lowest BCUT2D eigenvalue weighted by Gasteiger charge is -2.32. The lowest BCUT2D eigenvalue weighted by Crippen LogP contribution is -2.51. The van der Waals surface area contributed by atoms with E-state index in [9.17, 15) is 9.59 Å². The fourth-order valence-electron chi connectivity index (χ4n) is 2.51. The van der Waals surface area contributed by atoms with Crippen LogP contribution >= 0.6 is 0 Å². The molecule has 23 heavy (non-hydrogen) atoms. The van der Waals surface area contributed by atoms with Crippen molar-refractivity contribution in [2.24, 2.45) is 0 Å². The number of methoxy groups -OCH3 is 1. The SMILES string of the molecule is COC(=O)N1CCCC(NC(=O)NCc2ccc(C#N)cc2)C1. The predicted octanol–water partition coefficient (Wildman–Crippen LogP) is 1.59. The highest BCUT2D eigenvalue weighted by molar-refractivity contribution is 5.74. The first kappa shape index (κ1) is 16.6. The molecule has 1 aromatic rings. The van der Waals surface area contributed by atoms with Crippen molar-refractivity contribution >= 4 is 12.1 Å². The van der Waals surface area contributed by atoms with Crippen LogP contribution in [0.1, 0.15) is 24.0 Å². The summed E-state index contributed by atoms with van der Waals surface area (Å²) >= 11 is 0. The van der Waals surface area contributed by atoms with Gasteiger partial charge in [-0.15, -0.1) is 0 Å². The van der Waals surface area contributed by atoms with E-state index in [1.165, 1.54) is 7.11 Å². The summed E-state index contributed by atoms with van der Waals surface area (Å²) in [5.74, 6) is 0. The quantitative estimate of drug-likeness (QED) is 0.885. The number of piperidine rings is 1. The number of amides is 3. The zero-order chi connectivity index (χ0) is 16.7. The Morgan fingerprint density at radius 2 is 2.13 bits per heavy atom. The maximum atomic E-state index is 11.9. The molecule has 0 saturated carbocycles. The van der Waals surface area contributed by atoms with Gasteiger partial charge in [0.2, 0.25) is 0 Å². The minimum absolute atomic E-state index is 0.0798. The van der Waals surface area contributed by atoms with Crippen molar-refractivity contribution in [3.63, 3.8) is 0 Å². The van der Waals surface area contributed by atoms with Crippen molar-refractivity contribution in [1.29, 1.82) is 5.26 Å². The number of hydrogen-bond acceptors (Lipinski definition) is 4. The van der Waals surface area contributed by atoms with E-state index in [4.69, 9.17) is 10.00 Å². The normalized spacial score (nSPS) is 17.0. The Hall–Kier alpha value is -2.75. The Balaban J connectivity index is 1.77. The third-order valence-electron chi connectivity index (χ3n) is 3.73. The highest BCUT2D eigenvalue weighted by Crippen LogP contribution is 2.11. The third-order valence-corrected chi connectivity index (χ3v) is 3.73. The molecule has 2 N–H and O–H groups in total. The summed E-state index contributed by atoms with van der Waals surface area (Å²) in [4.78, 5) is 25.1. The highest BCUT2D eigenvalue weighted by atomic mass is 16.5. The number of nitrogens with zero attached hydrogens (tertiary/aromatic N) is 2. The molecule has 1 aromatic carbocycles. The minimum Gasteiger partial charge on any atom is -0.453 e. The Morgan fingerprint density at radius 3 is 2.78 bits per heavy atom. The number of hydrogen-bond donors (Lipinski definition) is 2. The number of rotatable bonds is 3. The van der Waals surface area contributed by atoms with Crippen molar-refractivity contribution in [3.05, 3.63) is 35.4 Å². The van der Waals surface area contributed by atoms with Crippen molar-refractivity contribution in [3.8, 4) is 6.07 Å². The first-order chi connectivity index (χ1) is 11.1. The van der Waals surface area contributed by atoms with Gasteiger partial charge in [0.15, 0.2) is 0 Å². The number of benzene rings is 1. The molecule has 0 aliphatic carbocycles. The summed E-state index contributed by atoms with van der Waals surface area (Å²) in [5.41, 5.74) is 1.50. The molecule has 1 fully saturated rings. The summed E-state index contributed by atoms with van der Waals surface area (Å²) in [7, 11) is 1.35. The maximum absolute atomic E-state index is 11.9. The minimum atomic E-state index is -0.366. The van der Waals surface area contributed by atoms with Crippen LogP contribution in [-0.2, 0) is 11.3 Å². The van der Waals surface area contributed by atoms with E-state index in [1.54, 1.807) is 29.2 Å².